The van der Waals surface area contributed by atoms with Gasteiger partial charge in [0.25, 0.3) is 0 Å². The van der Waals surface area contributed by atoms with Crippen LogP contribution in [0.1, 0.15) is 18.2 Å². The highest BCUT2D eigenvalue weighted by molar-refractivity contribution is 5.59. The largest absolute Gasteiger partial charge is 0.490 e. The maximum absolute atomic E-state index is 14.0. The molecule has 0 fully saturated rings. The van der Waals surface area contributed by atoms with Crippen molar-refractivity contribution in [3.05, 3.63) is 45.5 Å². The predicted octanol–water partition coefficient (Wildman–Crippen LogP) is 2.65. The first-order chi connectivity index (χ1) is 10.5. The van der Waals surface area contributed by atoms with Crippen LogP contribution in [0.4, 0.5) is 15.8 Å². The topological polar surface area (TPSA) is 82.2 Å². The normalized spacial score (nSPS) is 10.5. The Morgan fingerprint density at radius 3 is 2.82 bits per heavy atom. The van der Waals surface area contributed by atoms with E-state index in [2.05, 4.69) is 10.4 Å². The fraction of sp³-hybridized carbons (Fsp3) is 0.357. The van der Waals surface area contributed by atoms with Gasteiger partial charge in [0.2, 0.25) is 0 Å². The molecule has 0 bridgehead atoms. The zero-order chi connectivity index (χ0) is 16.3. The molecule has 1 aromatic heterocycles. The maximum atomic E-state index is 14.0. The molecule has 1 N–H and O–H groups in total. The molecule has 8 heteroatoms. The first-order valence-electron chi connectivity index (χ1n) is 6.73. The fourth-order valence-electron chi connectivity index (χ4n) is 2.20. The number of hydrogen-bond acceptors (Lipinski definition) is 5. The highest BCUT2D eigenvalue weighted by atomic mass is 19.1. The number of anilines is 1. The van der Waals surface area contributed by atoms with Crippen molar-refractivity contribution >= 4 is 11.4 Å². The molecule has 2 rings (SSSR count). The first-order valence-corrected chi connectivity index (χ1v) is 6.73. The number of nitrogens with zero attached hydrogens (tertiary/aromatic N) is 3. The molecule has 0 spiro atoms. The van der Waals surface area contributed by atoms with Gasteiger partial charge in [-0.25, -0.2) is 4.39 Å². The van der Waals surface area contributed by atoms with Gasteiger partial charge in [0.1, 0.15) is 0 Å². The Hall–Kier alpha value is -2.64. The van der Waals surface area contributed by atoms with Crippen LogP contribution in [0.5, 0.6) is 5.75 Å². The summed E-state index contributed by atoms with van der Waals surface area (Å²) in [6, 6.07) is 2.14. The molecule has 0 radical (unpaired) electrons. The van der Waals surface area contributed by atoms with Crippen LogP contribution in [-0.4, -0.2) is 21.8 Å². The number of aromatic nitrogens is 2. The van der Waals surface area contributed by atoms with E-state index in [9.17, 15) is 14.5 Å². The first kappa shape index (κ1) is 15.7. The minimum Gasteiger partial charge on any atom is -0.490 e. The third-order valence-electron chi connectivity index (χ3n) is 3.26. The van der Waals surface area contributed by atoms with Crippen molar-refractivity contribution in [3.8, 4) is 5.75 Å². The Bertz CT molecular complexity index is 700. The van der Waals surface area contributed by atoms with Crippen LogP contribution in [-0.2, 0) is 20.0 Å². The number of benzene rings is 1. The van der Waals surface area contributed by atoms with Gasteiger partial charge in [-0.05, 0) is 6.42 Å². The van der Waals surface area contributed by atoms with E-state index < -0.39 is 16.4 Å². The second-order valence-corrected chi connectivity index (χ2v) is 4.74. The van der Waals surface area contributed by atoms with E-state index in [1.807, 2.05) is 20.2 Å². The summed E-state index contributed by atoms with van der Waals surface area (Å²) in [5.74, 6) is -0.690. The number of aryl methyl sites for hydroxylation is 2. The molecule has 22 heavy (non-hydrogen) atoms. The summed E-state index contributed by atoms with van der Waals surface area (Å²) in [4.78, 5) is 10.2. The molecule has 1 aromatic carbocycles. The van der Waals surface area contributed by atoms with Gasteiger partial charge in [-0.2, -0.15) is 5.10 Å². The lowest BCUT2D eigenvalue weighted by molar-refractivity contribution is -0.385. The third kappa shape index (κ3) is 3.16. The van der Waals surface area contributed by atoms with Crippen molar-refractivity contribution in [3.63, 3.8) is 0 Å². The second-order valence-electron chi connectivity index (χ2n) is 4.74. The Kier molecular flexibility index (Phi) is 4.59. The van der Waals surface area contributed by atoms with Crippen molar-refractivity contribution in [2.24, 2.45) is 7.05 Å². The average Bonchev–Trinajstić information content (AvgIpc) is 2.85. The molecule has 118 valence electrons. The summed E-state index contributed by atoms with van der Waals surface area (Å²) >= 11 is 0. The minimum absolute atomic E-state index is 0.0100. The number of methoxy groups -OCH3 is 1. The van der Waals surface area contributed by atoms with E-state index in [0.717, 1.165) is 23.7 Å². The number of hydrogen-bond donors (Lipinski definition) is 1. The molecule has 0 aliphatic heterocycles. The van der Waals surface area contributed by atoms with Gasteiger partial charge in [0.05, 0.1) is 29.5 Å². The van der Waals surface area contributed by atoms with Crippen LogP contribution < -0.4 is 10.1 Å². The standard InChI is InChI=1S/C14H17FN4O3/c1-4-11-9(8-18(2)17-11)7-16-12-6-14(22-3)13(19(20)21)5-10(12)15/h5-6,8,16H,4,7H2,1-3H3. The number of halogens is 1. The quantitative estimate of drug-likeness (QED) is 0.655. The van der Waals surface area contributed by atoms with Crippen LogP contribution in [0.25, 0.3) is 0 Å². The molecule has 0 saturated heterocycles. The summed E-state index contributed by atoms with van der Waals surface area (Å²) in [5, 5.41) is 18.1. The third-order valence-corrected chi connectivity index (χ3v) is 3.26. The molecule has 0 unspecified atom stereocenters. The van der Waals surface area contributed by atoms with E-state index in [-0.39, 0.29) is 11.4 Å². The molecular weight excluding hydrogens is 291 g/mol. The van der Waals surface area contributed by atoms with Gasteiger partial charge in [-0.3, -0.25) is 14.8 Å². The summed E-state index contributed by atoms with van der Waals surface area (Å²) < 4.78 is 20.6. The van der Waals surface area contributed by atoms with Gasteiger partial charge in [0.15, 0.2) is 11.6 Å². The van der Waals surface area contributed by atoms with Crippen molar-refractivity contribution in [2.75, 3.05) is 12.4 Å². The number of rotatable bonds is 6. The van der Waals surface area contributed by atoms with Gasteiger partial charge < -0.3 is 10.1 Å². The number of nitro groups is 1. The SMILES string of the molecule is CCc1nn(C)cc1CNc1cc(OC)c([N+](=O)[O-])cc1F. The highest BCUT2D eigenvalue weighted by Crippen LogP contribution is 2.32. The second kappa shape index (κ2) is 6.42. The average molecular weight is 308 g/mol. The van der Waals surface area contributed by atoms with E-state index in [4.69, 9.17) is 4.74 Å². The lowest BCUT2D eigenvalue weighted by Crippen LogP contribution is -2.04. The van der Waals surface area contributed by atoms with Crippen LogP contribution in [0.3, 0.4) is 0 Å². The van der Waals surface area contributed by atoms with E-state index in [1.54, 1.807) is 4.68 Å². The molecule has 0 saturated carbocycles. The Morgan fingerprint density at radius 2 is 2.23 bits per heavy atom. The molecule has 0 aliphatic rings. The number of ether oxygens (including phenoxy) is 1. The monoisotopic (exact) mass is 308 g/mol. The molecule has 0 atom stereocenters. The molecule has 7 nitrogen and oxygen atoms in total. The van der Waals surface area contributed by atoms with Crippen molar-refractivity contribution in [1.29, 1.82) is 0 Å². The van der Waals surface area contributed by atoms with Crippen LogP contribution in [0.15, 0.2) is 18.3 Å². The summed E-state index contributed by atoms with van der Waals surface area (Å²) in [7, 11) is 3.12. The van der Waals surface area contributed by atoms with E-state index in [0.29, 0.717) is 6.54 Å². The molecule has 2 aromatic rings. The molecule has 0 aliphatic carbocycles. The van der Waals surface area contributed by atoms with E-state index >= 15 is 0 Å². The number of nitro benzene ring substituents is 1. The van der Waals surface area contributed by atoms with Gasteiger partial charge in [-0.15, -0.1) is 0 Å². The zero-order valence-electron chi connectivity index (χ0n) is 12.6. The van der Waals surface area contributed by atoms with Gasteiger partial charge in [-0.1, -0.05) is 6.92 Å². The van der Waals surface area contributed by atoms with Gasteiger partial charge >= 0.3 is 5.69 Å². The molecule has 1 heterocycles. The maximum Gasteiger partial charge on any atom is 0.313 e. The number of nitrogens with one attached hydrogen (secondary N) is 1. The van der Waals surface area contributed by atoms with Crippen LogP contribution >= 0.6 is 0 Å². The summed E-state index contributed by atoms with van der Waals surface area (Å²) in [6.45, 7) is 2.36. The Labute approximate surface area is 126 Å². The highest BCUT2D eigenvalue weighted by Gasteiger charge is 2.19. The minimum atomic E-state index is -0.700. The fourth-order valence-corrected chi connectivity index (χ4v) is 2.20. The zero-order valence-corrected chi connectivity index (χ0v) is 12.6. The summed E-state index contributed by atoms with van der Waals surface area (Å²) in [5.41, 5.74) is 1.61. The van der Waals surface area contributed by atoms with Gasteiger partial charge in [0, 0.05) is 31.4 Å². The Balaban J connectivity index is 2.24. The lowest BCUT2D eigenvalue weighted by atomic mass is 10.2. The smallest absolute Gasteiger partial charge is 0.313 e. The lowest BCUT2D eigenvalue weighted by Gasteiger charge is -2.09. The van der Waals surface area contributed by atoms with E-state index in [1.165, 1.54) is 13.2 Å². The Morgan fingerprint density at radius 1 is 1.50 bits per heavy atom. The van der Waals surface area contributed by atoms with Crippen LogP contribution in [0.2, 0.25) is 0 Å². The molecular formula is C14H17FN4O3. The van der Waals surface area contributed by atoms with Crippen molar-refractivity contribution < 1.29 is 14.1 Å². The van der Waals surface area contributed by atoms with Crippen molar-refractivity contribution in [2.45, 2.75) is 19.9 Å². The van der Waals surface area contributed by atoms with Crippen molar-refractivity contribution in [1.82, 2.24) is 9.78 Å². The summed E-state index contributed by atoms with van der Waals surface area (Å²) in [6.07, 6.45) is 2.62. The predicted molar refractivity (Wildman–Crippen MR) is 79.5 cm³/mol. The molecule has 0 amide bonds. The van der Waals surface area contributed by atoms with Crippen LogP contribution in [0, 0.1) is 15.9 Å².